The molecule has 0 amide bonds. The fourth-order valence-electron chi connectivity index (χ4n) is 1.64. The van der Waals surface area contributed by atoms with E-state index in [1.807, 2.05) is 0 Å². The van der Waals surface area contributed by atoms with Crippen LogP contribution in [0.2, 0.25) is 0 Å². The number of ether oxygens (including phenoxy) is 1. The Hall–Kier alpha value is -2.44. The Bertz CT molecular complexity index is 753. The molecular formula is C15H13NO4S. The zero-order valence-corrected chi connectivity index (χ0v) is 11.8. The molecule has 0 heterocycles. The van der Waals surface area contributed by atoms with E-state index < -0.39 is 16.0 Å². The minimum atomic E-state index is -3.94. The van der Waals surface area contributed by atoms with Crippen LogP contribution in [-0.2, 0) is 14.8 Å². The molecular weight excluding hydrogens is 290 g/mol. The lowest BCUT2D eigenvalue weighted by atomic mass is 10.2. The highest BCUT2D eigenvalue weighted by atomic mass is 32.2. The van der Waals surface area contributed by atoms with Gasteiger partial charge in [0.2, 0.25) is 10.0 Å². The summed E-state index contributed by atoms with van der Waals surface area (Å²) >= 11 is 0. The van der Waals surface area contributed by atoms with Gasteiger partial charge in [-0.15, -0.1) is 0 Å². The average Bonchev–Trinajstić information content (AvgIpc) is 2.47. The highest BCUT2D eigenvalue weighted by Crippen LogP contribution is 2.18. The lowest BCUT2D eigenvalue weighted by Crippen LogP contribution is -2.11. The van der Waals surface area contributed by atoms with Crippen LogP contribution in [0.3, 0.4) is 0 Å². The van der Waals surface area contributed by atoms with Crippen LogP contribution >= 0.6 is 0 Å². The maximum Gasteiger partial charge on any atom is 0.343 e. The molecule has 2 aromatic carbocycles. The molecule has 0 aromatic heterocycles. The number of sulfonamides is 1. The first-order chi connectivity index (χ1) is 9.96. The van der Waals surface area contributed by atoms with E-state index in [0.717, 1.165) is 5.41 Å². The van der Waals surface area contributed by atoms with Crippen molar-refractivity contribution in [1.29, 1.82) is 0 Å². The topological polar surface area (TPSA) is 86.5 Å². The van der Waals surface area contributed by atoms with Gasteiger partial charge >= 0.3 is 5.97 Å². The lowest BCUT2D eigenvalue weighted by Gasteiger charge is -2.08. The van der Waals surface area contributed by atoms with Gasteiger partial charge in [-0.25, -0.2) is 18.4 Å². The van der Waals surface area contributed by atoms with E-state index in [-0.39, 0.29) is 5.76 Å². The Morgan fingerprint density at radius 2 is 1.38 bits per heavy atom. The van der Waals surface area contributed by atoms with E-state index in [1.165, 1.54) is 0 Å². The van der Waals surface area contributed by atoms with E-state index in [4.69, 9.17) is 9.88 Å². The number of nitrogens with two attached hydrogens (primary N) is 1. The number of carbonyl (C=O) groups is 1. The second-order valence-electron chi connectivity index (χ2n) is 4.19. The molecule has 0 saturated carbocycles. The average molecular weight is 303 g/mol. The Kier molecular flexibility index (Phi) is 4.52. The number of carbonyl (C=O) groups excluding carboxylic acids is 1. The first-order valence-electron chi connectivity index (χ1n) is 6.03. The molecule has 21 heavy (non-hydrogen) atoms. The normalized spacial score (nSPS) is 12.0. The summed E-state index contributed by atoms with van der Waals surface area (Å²) in [6.07, 6.45) is 0. The monoisotopic (exact) mass is 303 g/mol. The van der Waals surface area contributed by atoms with E-state index in [1.54, 1.807) is 60.7 Å². The number of hydrogen-bond acceptors (Lipinski definition) is 4. The first-order valence-corrected chi connectivity index (χ1v) is 7.64. The van der Waals surface area contributed by atoms with Crippen molar-refractivity contribution in [2.45, 2.75) is 0 Å². The number of primary sulfonamides is 1. The van der Waals surface area contributed by atoms with E-state index >= 15 is 0 Å². The van der Waals surface area contributed by atoms with Gasteiger partial charge in [-0.2, -0.15) is 0 Å². The van der Waals surface area contributed by atoms with E-state index in [2.05, 4.69) is 0 Å². The molecule has 0 unspecified atom stereocenters. The maximum atomic E-state index is 12.0. The zero-order chi connectivity index (χ0) is 15.3. The molecule has 0 spiro atoms. The third-order valence-corrected chi connectivity index (χ3v) is 3.08. The fourth-order valence-corrected chi connectivity index (χ4v) is 2.12. The Balaban J connectivity index is 2.34. The second-order valence-corrected chi connectivity index (χ2v) is 5.61. The minimum absolute atomic E-state index is 0.119. The van der Waals surface area contributed by atoms with Gasteiger partial charge < -0.3 is 4.74 Å². The number of esters is 1. The van der Waals surface area contributed by atoms with Crippen LogP contribution in [-0.4, -0.2) is 14.4 Å². The van der Waals surface area contributed by atoms with Crippen molar-refractivity contribution in [3.8, 4) is 0 Å². The molecule has 0 aliphatic carbocycles. The van der Waals surface area contributed by atoms with Crippen molar-refractivity contribution in [3.05, 3.63) is 77.2 Å². The fraction of sp³-hybridized carbons (Fsp3) is 0. The molecule has 0 fully saturated rings. The number of hydrogen-bond donors (Lipinski definition) is 1. The van der Waals surface area contributed by atoms with Crippen molar-refractivity contribution in [2.75, 3.05) is 0 Å². The minimum Gasteiger partial charge on any atom is -0.421 e. The highest BCUT2D eigenvalue weighted by Gasteiger charge is 2.14. The quantitative estimate of drug-likeness (QED) is 0.692. The largest absolute Gasteiger partial charge is 0.421 e. The van der Waals surface area contributed by atoms with Crippen LogP contribution < -0.4 is 5.14 Å². The molecule has 0 saturated heterocycles. The van der Waals surface area contributed by atoms with Crippen molar-refractivity contribution in [1.82, 2.24) is 0 Å². The smallest absolute Gasteiger partial charge is 0.343 e. The van der Waals surface area contributed by atoms with Crippen molar-refractivity contribution < 1.29 is 17.9 Å². The van der Waals surface area contributed by atoms with E-state index in [0.29, 0.717) is 11.1 Å². The predicted octanol–water partition coefficient (Wildman–Crippen LogP) is 2.13. The second kappa shape index (κ2) is 6.34. The van der Waals surface area contributed by atoms with Gasteiger partial charge in [0.1, 0.15) is 0 Å². The van der Waals surface area contributed by atoms with Crippen LogP contribution in [0.1, 0.15) is 15.9 Å². The zero-order valence-electron chi connectivity index (χ0n) is 11.0. The van der Waals surface area contributed by atoms with Gasteiger partial charge in [-0.05, 0) is 12.1 Å². The van der Waals surface area contributed by atoms with Crippen LogP contribution in [0.4, 0.5) is 0 Å². The number of benzene rings is 2. The van der Waals surface area contributed by atoms with Crippen LogP contribution in [0.5, 0.6) is 0 Å². The molecule has 2 rings (SSSR count). The summed E-state index contributed by atoms with van der Waals surface area (Å²) in [6.45, 7) is 0. The Morgan fingerprint density at radius 3 is 1.86 bits per heavy atom. The summed E-state index contributed by atoms with van der Waals surface area (Å²) in [5.41, 5.74) is 0.754. The molecule has 2 aromatic rings. The molecule has 0 bridgehead atoms. The van der Waals surface area contributed by atoms with Gasteiger partial charge in [0.15, 0.2) is 5.76 Å². The van der Waals surface area contributed by atoms with Gasteiger partial charge in [-0.3, -0.25) is 0 Å². The summed E-state index contributed by atoms with van der Waals surface area (Å²) < 4.78 is 27.6. The van der Waals surface area contributed by atoms with E-state index in [9.17, 15) is 13.2 Å². The van der Waals surface area contributed by atoms with Gasteiger partial charge in [-0.1, -0.05) is 48.5 Å². The molecule has 2 N–H and O–H groups in total. The highest BCUT2D eigenvalue weighted by molar-refractivity contribution is 7.92. The summed E-state index contributed by atoms with van der Waals surface area (Å²) in [5.74, 6) is -0.777. The van der Waals surface area contributed by atoms with Crippen LogP contribution in [0, 0.1) is 0 Å². The number of rotatable bonds is 4. The molecule has 108 valence electrons. The standard InChI is InChI=1S/C15H13NO4S/c16-21(18,19)11-14(12-7-3-1-4-8-12)20-15(17)13-9-5-2-6-10-13/h1-11H,(H2,16,18,19). The predicted molar refractivity (Wildman–Crippen MR) is 79.4 cm³/mol. The van der Waals surface area contributed by atoms with Crippen LogP contribution in [0.15, 0.2) is 66.1 Å². The summed E-state index contributed by atoms with van der Waals surface area (Å²) in [4.78, 5) is 12.0. The molecule has 5 nitrogen and oxygen atoms in total. The summed E-state index contributed by atoms with van der Waals surface area (Å²) in [6, 6.07) is 16.7. The molecule has 0 atom stereocenters. The molecule has 0 aliphatic heterocycles. The molecule has 0 radical (unpaired) electrons. The van der Waals surface area contributed by atoms with Gasteiger partial charge in [0.25, 0.3) is 0 Å². The molecule has 0 aliphatic rings. The van der Waals surface area contributed by atoms with Gasteiger partial charge in [0.05, 0.1) is 11.0 Å². The van der Waals surface area contributed by atoms with Crippen molar-refractivity contribution in [3.63, 3.8) is 0 Å². The summed E-state index contributed by atoms with van der Waals surface area (Å²) in [7, 11) is -3.94. The van der Waals surface area contributed by atoms with Crippen LogP contribution in [0.25, 0.3) is 5.76 Å². The molecule has 6 heteroatoms. The SMILES string of the molecule is NS(=O)(=O)C=C(OC(=O)c1ccccc1)c1ccccc1. The summed E-state index contributed by atoms with van der Waals surface area (Å²) in [5, 5.41) is 5.72. The van der Waals surface area contributed by atoms with Gasteiger partial charge in [0, 0.05) is 5.56 Å². The Labute approximate surface area is 122 Å². The Morgan fingerprint density at radius 1 is 0.905 bits per heavy atom. The lowest BCUT2D eigenvalue weighted by molar-refractivity contribution is 0.0692. The third kappa shape index (κ3) is 4.55. The van der Waals surface area contributed by atoms with Crippen molar-refractivity contribution >= 4 is 21.8 Å². The maximum absolute atomic E-state index is 12.0. The third-order valence-electron chi connectivity index (χ3n) is 2.54. The van der Waals surface area contributed by atoms with Crippen molar-refractivity contribution in [2.24, 2.45) is 5.14 Å². The first kappa shape index (κ1) is 15.0.